The molecule has 3 aromatic rings. The smallest absolute Gasteiger partial charge is 0.419 e. The number of nitrogens with one attached hydrogen (secondary N) is 2. The number of thiazole rings is 1. The first-order chi connectivity index (χ1) is 15.7. The van der Waals surface area contributed by atoms with E-state index >= 15 is 0 Å². The van der Waals surface area contributed by atoms with E-state index in [0.29, 0.717) is 27.7 Å². The molecule has 0 aliphatic carbocycles. The molecule has 0 radical (unpaired) electrons. The number of hydrogen-bond donors (Lipinski definition) is 2. The van der Waals surface area contributed by atoms with Crippen LogP contribution in [-0.2, 0) is 10.9 Å². The average molecular weight is 501 g/mol. The number of ether oxygens (including phenoxy) is 3. The Bertz CT molecular complexity index is 1150. The summed E-state index contributed by atoms with van der Waals surface area (Å²) in [5.41, 5.74) is -0.936. The van der Waals surface area contributed by atoms with Crippen LogP contribution < -0.4 is 20.1 Å². The van der Waals surface area contributed by atoms with Crippen molar-refractivity contribution in [3.05, 3.63) is 40.9 Å². The summed E-state index contributed by atoms with van der Waals surface area (Å²) in [6.07, 6.45) is -2.27. The summed E-state index contributed by atoms with van der Waals surface area (Å²) in [5.74, 6) is 0.287. The van der Waals surface area contributed by atoms with Crippen molar-refractivity contribution in [3.63, 3.8) is 0 Å². The second-order valence-electron chi connectivity index (χ2n) is 6.28. The first-order valence-corrected chi connectivity index (χ1v) is 11.2. The van der Waals surface area contributed by atoms with Crippen molar-refractivity contribution in [2.24, 2.45) is 0 Å². The van der Waals surface area contributed by atoms with Crippen LogP contribution in [0.2, 0.25) is 0 Å². The van der Waals surface area contributed by atoms with Crippen molar-refractivity contribution < 1.29 is 32.2 Å². The summed E-state index contributed by atoms with van der Waals surface area (Å²) in [5, 5.41) is 5.56. The summed E-state index contributed by atoms with van der Waals surface area (Å²) >= 11 is 2.26. The van der Waals surface area contributed by atoms with E-state index in [4.69, 9.17) is 14.2 Å². The summed E-state index contributed by atoms with van der Waals surface area (Å²) < 4.78 is 56.7. The van der Waals surface area contributed by atoms with Gasteiger partial charge in [0.05, 0.1) is 38.3 Å². The standard InChI is InChI=1S/C20H19F3N4O4S2/c1-29-10-5-6-14(30-2)13(7-10)25-15-8-12(11(9-24-15)20(21,22)23)26-17-16(18(28)31-3)33-19(27-17)32-4/h5-9H,1-4H3,(H2,24,25,26). The molecule has 0 spiro atoms. The molecular formula is C20H19F3N4O4S2. The molecule has 2 aromatic heterocycles. The second-order valence-corrected chi connectivity index (χ2v) is 8.33. The van der Waals surface area contributed by atoms with Crippen molar-refractivity contribution in [3.8, 4) is 11.5 Å². The van der Waals surface area contributed by atoms with E-state index < -0.39 is 17.7 Å². The SMILES string of the molecule is COC(=O)c1sc(SC)nc1Nc1cc(Nc2cc(OC)ccc2OC)ncc1C(F)(F)F. The van der Waals surface area contributed by atoms with Gasteiger partial charge in [0.25, 0.3) is 0 Å². The molecule has 0 aliphatic heterocycles. The van der Waals surface area contributed by atoms with Crippen molar-refractivity contribution in [1.82, 2.24) is 9.97 Å². The highest BCUT2D eigenvalue weighted by molar-refractivity contribution is 8.00. The normalized spacial score (nSPS) is 11.1. The number of thioether (sulfide) groups is 1. The fourth-order valence-corrected chi connectivity index (χ4v) is 4.17. The minimum atomic E-state index is -4.70. The van der Waals surface area contributed by atoms with Gasteiger partial charge in [0.15, 0.2) is 15.0 Å². The Hall–Kier alpha value is -3.19. The molecule has 33 heavy (non-hydrogen) atoms. The Morgan fingerprint density at radius 2 is 1.85 bits per heavy atom. The highest BCUT2D eigenvalue weighted by Gasteiger charge is 2.35. The van der Waals surface area contributed by atoms with Gasteiger partial charge in [-0.3, -0.25) is 0 Å². The number of nitrogens with zero attached hydrogens (tertiary/aromatic N) is 2. The summed E-state index contributed by atoms with van der Waals surface area (Å²) in [7, 11) is 4.13. The second kappa shape index (κ2) is 10.2. The molecule has 3 rings (SSSR count). The van der Waals surface area contributed by atoms with Gasteiger partial charge in [0.1, 0.15) is 17.3 Å². The predicted molar refractivity (Wildman–Crippen MR) is 121 cm³/mol. The van der Waals surface area contributed by atoms with E-state index in [0.717, 1.165) is 11.3 Å². The summed E-state index contributed by atoms with van der Waals surface area (Å²) in [6, 6.07) is 6.11. The Balaban J connectivity index is 2.04. The molecule has 0 fully saturated rings. The number of alkyl halides is 3. The van der Waals surface area contributed by atoms with Crippen LogP contribution in [0.1, 0.15) is 15.2 Å². The molecular weight excluding hydrogens is 481 g/mol. The molecule has 1 aromatic carbocycles. The number of methoxy groups -OCH3 is 3. The minimum Gasteiger partial charge on any atom is -0.497 e. The van der Waals surface area contributed by atoms with Crippen molar-refractivity contribution in [2.45, 2.75) is 10.5 Å². The Morgan fingerprint density at radius 1 is 1.09 bits per heavy atom. The topological polar surface area (TPSA) is 94.6 Å². The Morgan fingerprint density at radius 3 is 2.45 bits per heavy atom. The molecule has 176 valence electrons. The van der Waals surface area contributed by atoms with Gasteiger partial charge in [-0.1, -0.05) is 23.1 Å². The van der Waals surface area contributed by atoms with Crippen LogP contribution >= 0.6 is 23.1 Å². The van der Waals surface area contributed by atoms with E-state index in [1.165, 1.54) is 39.2 Å². The largest absolute Gasteiger partial charge is 0.497 e. The maximum Gasteiger partial charge on any atom is 0.419 e. The monoisotopic (exact) mass is 500 g/mol. The predicted octanol–water partition coefficient (Wildman–Crippen LogP) is 5.57. The van der Waals surface area contributed by atoms with Gasteiger partial charge in [-0.25, -0.2) is 14.8 Å². The number of rotatable bonds is 8. The van der Waals surface area contributed by atoms with Gasteiger partial charge < -0.3 is 24.8 Å². The number of pyridine rings is 1. The average Bonchev–Trinajstić information content (AvgIpc) is 3.20. The summed E-state index contributed by atoms with van der Waals surface area (Å²) in [4.78, 5) is 20.2. The van der Waals surface area contributed by atoms with Crippen LogP contribution in [0.5, 0.6) is 11.5 Å². The van der Waals surface area contributed by atoms with Crippen LogP contribution in [0, 0.1) is 0 Å². The Labute approximate surface area is 195 Å². The lowest BCUT2D eigenvalue weighted by molar-refractivity contribution is -0.137. The van der Waals surface area contributed by atoms with Crippen molar-refractivity contribution in [2.75, 3.05) is 38.2 Å². The van der Waals surface area contributed by atoms with Gasteiger partial charge in [0.2, 0.25) is 0 Å². The Kier molecular flexibility index (Phi) is 7.53. The number of carbonyl (C=O) groups excluding carboxylic acids is 1. The molecule has 0 saturated carbocycles. The third kappa shape index (κ3) is 5.60. The quantitative estimate of drug-likeness (QED) is 0.304. The van der Waals surface area contributed by atoms with Gasteiger partial charge in [-0.15, -0.1) is 0 Å². The van der Waals surface area contributed by atoms with Crippen molar-refractivity contribution >= 4 is 52.1 Å². The first-order valence-electron chi connectivity index (χ1n) is 9.16. The zero-order valence-electron chi connectivity index (χ0n) is 17.9. The molecule has 2 heterocycles. The van der Waals surface area contributed by atoms with Gasteiger partial charge in [0, 0.05) is 18.3 Å². The molecule has 0 saturated heterocycles. The van der Waals surface area contributed by atoms with Crippen molar-refractivity contribution in [1.29, 1.82) is 0 Å². The number of halogens is 3. The number of aromatic nitrogens is 2. The fraction of sp³-hybridized carbons (Fsp3) is 0.250. The number of esters is 1. The maximum atomic E-state index is 13.7. The molecule has 0 atom stereocenters. The maximum absolute atomic E-state index is 13.7. The third-order valence-electron chi connectivity index (χ3n) is 4.28. The fourth-order valence-electron chi connectivity index (χ4n) is 2.73. The highest BCUT2D eigenvalue weighted by atomic mass is 32.2. The van der Waals surface area contributed by atoms with Gasteiger partial charge in [-0.05, 0) is 18.4 Å². The lowest BCUT2D eigenvalue weighted by Crippen LogP contribution is -2.12. The van der Waals surface area contributed by atoms with E-state index in [2.05, 4.69) is 20.6 Å². The molecule has 8 nitrogen and oxygen atoms in total. The van der Waals surface area contributed by atoms with E-state index in [9.17, 15) is 18.0 Å². The number of anilines is 4. The molecule has 13 heteroatoms. The third-order valence-corrected chi connectivity index (χ3v) is 6.31. The van der Waals surface area contributed by atoms with Gasteiger partial charge >= 0.3 is 12.1 Å². The summed E-state index contributed by atoms with van der Waals surface area (Å²) in [6.45, 7) is 0. The first kappa shape index (κ1) is 24.5. The van der Waals surface area contributed by atoms with Crippen LogP contribution in [0.3, 0.4) is 0 Å². The van der Waals surface area contributed by atoms with E-state index in [1.54, 1.807) is 24.5 Å². The lowest BCUT2D eigenvalue weighted by atomic mass is 10.2. The van der Waals surface area contributed by atoms with Crippen LogP contribution in [-0.4, -0.2) is 43.5 Å². The highest BCUT2D eigenvalue weighted by Crippen LogP contribution is 2.40. The van der Waals surface area contributed by atoms with Crippen LogP contribution in [0.25, 0.3) is 0 Å². The zero-order chi connectivity index (χ0) is 24.2. The van der Waals surface area contributed by atoms with Crippen LogP contribution in [0.15, 0.2) is 34.8 Å². The van der Waals surface area contributed by atoms with Gasteiger partial charge in [-0.2, -0.15) is 13.2 Å². The van der Waals surface area contributed by atoms with E-state index in [1.807, 2.05) is 0 Å². The molecule has 0 bridgehead atoms. The number of benzene rings is 1. The number of hydrogen-bond acceptors (Lipinski definition) is 10. The number of carbonyl (C=O) groups is 1. The molecule has 0 unspecified atom stereocenters. The molecule has 0 aliphatic rings. The lowest BCUT2D eigenvalue weighted by Gasteiger charge is -2.16. The minimum absolute atomic E-state index is 0.0437. The van der Waals surface area contributed by atoms with E-state index in [-0.39, 0.29) is 22.2 Å². The van der Waals surface area contributed by atoms with Crippen LogP contribution in [0.4, 0.5) is 36.2 Å². The molecule has 2 N–H and O–H groups in total. The zero-order valence-corrected chi connectivity index (χ0v) is 19.5. The molecule has 0 amide bonds.